The van der Waals surface area contributed by atoms with Gasteiger partial charge in [0.15, 0.2) is 0 Å². The van der Waals surface area contributed by atoms with E-state index in [1.165, 1.54) is 35.7 Å². The molecule has 1 aromatic rings. The Morgan fingerprint density at radius 1 is 1.40 bits per heavy atom. The van der Waals surface area contributed by atoms with Crippen LogP contribution in [-0.2, 0) is 0 Å². The van der Waals surface area contributed by atoms with Crippen LogP contribution < -0.4 is 10.1 Å². The lowest BCUT2D eigenvalue weighted by Gasteiger charge is -2.34. The minimum atomic E-state index is 0.423. The van der Waals surface area contributed by atoms with Gasteiger partial charge in [-0.15, -0.1) is 0 Å². The highest BCUT2D eigenvalue weighted by atomic mass is 79.9. The number of hydrogen-bond donors (Lipinski definition) is 1. The third-order valence-electron chi connectivity index (χ3n) is 4.41. The van der Waals surface area contributed by atoms with Crippen molar-refractivity contribution in [2.24, 2.45) is 11.8 Å². The van der Waals surface area contributed by atoms with Crippen LogP contribution in [0.3, 0.4) is 0 Å². The van der Waals surface area contributed by atoms with E-state index in [-0.39, 0.29) is 0 Å². The summed E-state index contributed by atoms with van der Waals surface area (Å²) in [5.41, 5.74) is 1.34. The molecule has 0 aromatic heterocycles. The van der Waals surface area contributed by atoms with Crippen molar-refractivity contribution in [1.82, 2.24) is 5.32 Å². The Morgan fingerprint density at radius 3 is 2.85 bits per heavy atom. The van der Waals surface area contributed by atoms with Crippen LogP contribution in [0.15, 0.2) is 22.7 Å². The summed E-state index contributed by atoms with van der Waals surface area (Å²) in [7, 11) is 1.73. The van der Waals surface area contributed by atoms with Gasteiger partial charge in [0.25, 0.3) is 0 Å². The van der Waals surface area contributed by atoms with Gasteiger partial charge in [-0.2, -0.15) is 0 Å². The molecule has 1 fully saturated rings. The van der Waals surface area contributed by atoms with E-state index in [9.17, 15) is 0 Å². The standard InChI is InChI=1S/C17H26BrNO/c1-4-19-17(13-7-5-6-12(2)10-13)15-11-14(20-3)8-9-16(15)18/h8-9,11-13,17,19H,4-7,10H2,1-3H3. The number of methoxy groups -OCH3 is 1. The Hall–Kier alpha value is -0.540. The zero-order valence-corrected chi connectivity index (χ0v) is 14.4. The quantitative estimate of drug-likeness (QED) is 0.820. The fraction of sp³-hybridized carbons (Fsp3) is 0.647. The first-order valence-corrected chi connectivity index (χ1v) is 8.51. The topological polar surface area (TPSA) is 21.3 Å². The van der Waals surface area contributed by atoms with E-state index in [2.05, 4.69) is 47.2 Å². The van der Waals surface area contributed by atoms with Crippen LogP contribution in [0.2, 0.25) is 0 Å². The van der Waals surface area contributed by atoms with Crippen molar-refractivity contribution in [3.63, 3.8) is 0 Å². The van der Waals surface area contributed by atoms with Gasteiger partial charge >= 0.3 is 0 Å². The number of benzene rings is 1. The van der Waals surface area contributed by atoms with Gasteiger partial charge in [-0.3, -0.25) is 0 Å². The molecule has 1 aromatic carbocycles. The molecule has 3 atom stereocenters. The van der Waals surface area contributed by atoms with Crippen LogP contribution in [0.25, 0.3) is 0 Å². The molecule has 112 valence electrons. The average Bonchev–Trinajstić information content (AvgIpc) is 2.46. The van der Waals surface area contributed by atoms with Gasteiger partial charge in [0.05, 0.1) is 7.11 Å². The summed E-state index contributed by atoms with van der Waals surface area (Å²) in [6.07, 6.45) is 5.39. The predicted octanol–water partition coefficient (Wildman–Crippen LogP) is 4.93. The molecule has 1 N–H and O–H groups in total. The van der Waals surface area contributed by atoms with Crippen molar-refractivity contribution in [2.75, 3.05) is 13.7 Å². The van der Waals surface area contributed by atoms with Crippen LogP contribution in [0.1, 0.15) is 51.1 Å². The van der Waals surface area contributed by atoms with Crippen molar-refractivity contribution in [1.29, 1.82) is 0 Å². The van der Waals surface area contributed by atoms with E-state index in [1.54, 1.807) is 7.11 Å². The summed E-state index contributed by atoms with van der Waals surface area (Å²) < 4.78 is 6.58. The second kappa shape index (κ2) is 7.46. The fourth-order valence-electron chi connectivity index (χ4n) is 3.42. The van der Waals surface area contributed by atoms with Gasteiger partial charge in [0.1, 0.15) is 5.75 Å². The summed E-state index contributed by atoms with van der Waals surface area (Å²) in [5, 5.41) is 3.70. The zero-order chi connectivity index (χ0) is 14.5. The van der Waals surface area contributed by atoms with Gasteiger partial charge in [-0.1, -0.05) is 42.6 Å². The molecular formula is C17H26BrNO. The normalized spacial score (nSPS) is 24.4. The number of nitrogens with one attached hydrogen (secondary N) is 1. The fourth-order valence-corrected chi connectivity index (χ4v) is 3.91. The molecule has 3 unspecified atom stereocenters. The number of rotatable bonds is 5. The maximum absolute atomic E-state index is 5.40. The molecule has 0 spiro atoms. The lowest BCUT2D eigenvalue weighted by atomic mass is 9.76. The number of hydrogen-bond acceptors (Lipinski definition) is 2. The van der Waals surface area contributed by atoms with Gasteiger partial charge < -0.3 is 10.1 Å². The van der Waals surface area contributed by atoms with E-state index in [0.717, 1.165) is 24.1 Å². The monoisotopic (exact) mass is 339 g/mol. The van der Waals surface area contributed by atoms with Crippen molar-refractivity contribution in [3.8, 4) is 5.75 Å². The second-order valence-corrected chi connectivity index (χ2v) is 6.81. The Labute approximate surface area is 131 Å². The summed E-state index contributed by atoms with van der Waals surface area (Å²) in [5.74, 6) is 2.51. The minimum Gasteiger partial charge on any atom is -0.497 e. The molecule has 1 aliphatic carbocycles. The summed E-state index contributed by atoms with van der Waals surface area (Å²) >= 11 is 3.72. The first kappa shape index (κ1) is 15.8. The molecule has 0 bridgehead atoms. The van der Waals surface area contributed by atoms with E-state index in [1.807, 2.05) is 6.07 Å². The van der Waals surface area contributed by atoms with Gasteiger partial charge in [0.2, 0.25) is 0 Å². The molecular weight excluding hydrogens is 314 g/mol. The van der Waals surface area contributed by atoms with Crippen LogP contribution in [0.4, 0.5) is 0 Å². The van der Waals surface area contributed by atoms with Gasteiger partial charge in [0, 0.05) is 10.5 Å². The summed E-state index contributed by atoms with van der Waals surface area (Å²) in [4.78, 5) is 0. The van der Waals surface area contributed by atoms with Gasteiger partial charge in [-0.05, 0) is 55.0 Å². The third kappa shape index (κ3) is 3.76. The molecule has 1 saturated carbocycles. The lowest BCUT2D eigenvalue weighted by Crippen LogP contribution is -2.31. The maximum atomic E-state index is 5.40. The molecule has 0 heterocycles. The smallest absolute Gasteiger partial charge is 0.119 e. The average molecular weight is 340 g/mol. The van der Waals surface area contributed by atoms with Gasteiger partial charge in [-0.25, -0.2) is 0 Å². The van der Waals surface area contributed by atoms with Crippen LogP contribution in [-0.4, -0.2) is 13.7 Å². The van der Waals surface area contributed by atoms with Crippen molar-refractivity contribution >= 4 is 15.9 Å². The molecule has 0 saturated heterocycles. The molecule has 0 radical (unpaired) electrons. The molecule has 20 heavy (non-hydrogen) atoms. The van der Waals surface area contributed by atoms with Crippen LogP contribution in [0.5, 0.6) is 5.75 Å². The molecule has 0 amide bonds. The van der Waals surface area contributed by atoms with Crippen LogP contribution >= 0.6 is 15.9 Å². The SMILES string of the molecule is CCNC(c1cc(OC)ccc1Br)C1CCCC(C)C1. The minimum absolute atomic E-state index is 0.423. The Morgan fingerprint density at radius 2 is 2.20 bits per heavy atom. The Bertz CT molecular complexity index is 435. The molecule has 0 aliphatic heterocycles. The van der Waals surface area contributed by atoms with E-state index in [0.29, 0.717) is 6.04 Å². The van der Waals surface area contributed by atoms with Crippen molar-refractivity contribution in [2.45, 2.75) is 45.6 Å². The van der Waals surface area contributed by atoms with Crippen molar-refractivity contribution in [3.05, 3.63) is 28.2 Å². The van der Waals surface area contributed by atoms with Crippen LogP contribution in [0, 0.1) is 11.8 Å². The molecule has 1 aliphatic rings. The molecule has 2 nitrogen and oxygen atoms in total. The van der Waals surface area contributed by atoms with E-state index >= 15 is 0 Å². The number of ether oxygens (including phenoxy) is 1. The third-order valence-corrected chi connectivity index (χ3v) is 5.13. The number of halogens is 1. The zero-order valence-electron chi connectivity index (χ0n) is 12.8. The summed E-state index contributed by atoms with van der Waals surface area (Å²) in [6.45, 7) is 5.57. The highest BCUT2D eigenvalue weighted by Gasteiger charge is 2.28. The van der Waals surface area contributed by atoms with E-state index in [4.69, 9.17) is 4.74 Å². The highest BCUT2D eigenvalue weighted by molar-refractivity contribution is 9.10. The molecule has 3 heteroatoms. The molecule has 2 rings (SSSR count). The Balaban J connectivity index is 2.27. The summed E-state index contributed by atoms with van der Waals surface area (Å²) in [6, 6.07) is 6.72. The van der Waals surface area contributed by atoms with Crippen molar-refractivity contribution < 1.29 is 4.74 Å². The lowest BCUT2D eigenvalue weighted by molar-refractivity contribution is 0.224. The first-order valence-electron chi connectivity index (χ1n) is 7.72. The second-order valence-electron chi connectivity index (χ2n) is 5.95. The van der Waals surface area contributed by atoms with E-state index < -0.39 is 0 Å². The maximum Gasteiger partial charge on any atom is 0.119 e. The predicted molar refractivity (Wildman–Crippen MR) is 88.2 cm³/mol. The largest absolute Gasteiger partial charge is 0.497 e. The Kier molecular flexibility index (Phi) is 5.91. The highest BCUT2D eigenvalue weighted by Crippen LogP contribution is 2.40. The first-order chi connectivity index (χ1) is 9.65.